The Bertz CT molecular complexity index is 242. The topological polar surface area (TPSA) is 17.1 Å². The maximum absolute atomic E-state index is 11.8. The summed E-state index contributed by atoms with van der Waals surface area (Å²) >= 11 is 0. The standard InChI is InChI=1S/C12H20O/c1-11(2)7-4-8-12(3)9(11)5-6-10(12)13/h9H,4-8H2,1-3H3/t9?,12-/m0/s1. The highest BCUT2D eigenvalue weighted by molar-refractivity contribution is 5.87. The van der Waals surface area contributed by atoms with Crippen molar-refractivity contribution in [2.24, 2.45) is 16.7 Å². The molecule has 1 nitrogen and oxygen atoms in total. The molecule has 0 radical (unpaired) electrons. The summed E-state index contributed by atoms with van der Waals surface area (Å²) < 4.78 is 0. The van der Waals surface area contributed by atoms with Gasteiger partial charge in [0.25, 0.3) is 0 Å². The van der Waals surface area contributed by atoms with E-state index in [-0.39, 0.29) is 5.41 Å². The van der Waals surface area contributed by atoms with Crippen molar-refractivity contribution in [3.05, 3.63) is 0 Å². The molecule has 0 amide bonds. The average molecular weight is 180 g/mol. The molecule has 1 unspecified atom stereocenters. The number of rotatable bonds is 0. The molecule has 2 fully saturated rings. The molecule has 0 aliphatic heterocycles. The smallest absolute Gasteiger partial charge is 0.139 e. The van der Waals surface area contributed by atoms with Crippen molar-refractivity contribution in [1.82, 2.24) is 0 Å². The van der Waals surface area contributed by atoms with Gasteiger partial charge in [0.05, 0.1) is 0 Å². The highest BCUT2D eigenvalue weighted by atomic mass is 16.1. The number of fused-ring (bicyclic) bond motifs is 1. The van der Waals surface area contributed by atoms with Crippen LogP contribution in [0.15, 0.2) is 0 Å². The van der Waals surface area contributed by atoms with E-state index in [1.807, 2.05) is 0 Å². The van der Waals surface area contributed by atoms with E-state index < -0.39 is 0 Å². The molecule has 2 atom stereocenters. The minimum Gasteiger partial charge on any atom is -0.299 e. The fourth-order valence-electron chi connectivity index (χ4n) is 3.73. The molecule has 13 heavy (non-hydrogen) atoms. The molecule has 0 heterocycles. The lowest BCUT2D eigenvalue weighted by molar-refractivity contribution is -0.130. The van der Waals surface area contributed by atoms with Gasteiger partial charge in [-0.05, 0) is 30.6 Å². The van der Waals surface area contributed by atoms with Crippen molar-refractivity contribution in [1.29, 1.82) is 0 Å². The Balaban J connectivity index is 2.34. The normalized spacial score (nSPS) is 43.3. The third-order valence-corrected chi connectivity index (χ3v) is 4.53. The van der Waals surface area contributed by atoms with Crippen LogP contribution >= 0.6 is 0 Å². The lowest BCUT2D eigenvalue weighted by Crippen LogP contribution is -2.41. The van der Waals surface area contributed by atoms with Gasteiger partial charge in [0.1, 0.15) is 5.78 Å². The van der Waals surface area contributed by atoms with Crippen LogP contribution in [0.4, 0.5) is 0 Å². The van der Waals surface area contributed by atoms with Gasteiger partial charge in [-0.2, -0.15) is 0 Å². The van der Waals surface area contributed by atoms with Crippen LogP contribution in [0, 0.1) is 16.7 Å². The van der Waals surface area contributed by atoms with Crippen LogP contribution in [-0.2, 0) is 4.79 Å². The number of Topliss-reactive ketones (excluding diaryl/α,β-unsaturated/α-hetero) is 1. The Morgan fingerprint density at radius 1 is 1.23 bits per heavy atom. The summed E-state index contributed by atoms with van der Waals surface area (Å²) in [6, 6.07) is 0. The largest absolute Gasteiger partial charge is 0.299 e. The quantitative estimate of drug-likeness (QED) is 0.559. The van der Waals surface area contributed by atoms with E-state index in [0.717, 1.165) is 19.3 Å². The van der Waals surface area contributed by atoms with Crippen LogP contribution in [0.5, 0.6) is 0 Å². The Kier molecular flexibility index (Phi) is 1.84. The van der Waals surface area contributed by atoms with Gasteiger partial charge in [-0.25, -0.2) is 0 Å². The van der Waals surface area contributed by atoms with Crippen LogP contribution in [0.25, 0.3) is 0 Å². The van der Waals surface area contributed by atoms with Gasteiger partial charge in [0, 0.05) is 11.8 Å². The second-order valence-electron chi connectivity index (χ2n) is 5.77. The molecule has 1 heteroatoms. The van der Waals surface area contributed by atoms with E-state index in [9.17, 15) is 4.79 Å². The molecule has 2 aliphatic rings. The summed E-state index contributed by atoms with van der Waals surface area (Å²) in [7, 11) is 0. The van der Waals surface area contributed by atoms with Gasteiger partial charge in [-0.3, -0.25) is 4.79 Å². The van der Waals surface area contributed by atoms with Crippen molar-refractivity contribution >= 4 is 5.78 Å². The molecule has 0 saturated heterocycles. The average Bonchev–Trinajstić information content (AvgIpc) is 2.29. The Morgan fingerprint density at radius 3 is 2.54 bits per heavy atom. The first-order chi connectivity index (χ1) is 5.97. The second kappa shape index (κ2) is 2.59. The molecule has 0 bridgehead atoms. The predicted octanol–water partition coefficient (Wildman–Crippen LogP) is 3.18. The summed E-state index contributed by atoms with van der Waals surface area (Å²) in [5.74, 6) is 1.19. The molecular weight excluding hydrogens is 160 g/mol. The number of carbonyl (C=O) groups is 1. The van der Waals surface area contributed by atoms with Crippen LogP contribution in [0.1, 0.15) is 52.9 Å². The monoisotopic (exact) mass is 180 g/mol. The van der Waals surface area contributed by atoms with Crippen molar-refractivity contribution in [3.63, 3.8) is 0 Å². The summed E-state index contributed by atoms with van der Waals surface area (Å²) in [6.45, 7) is 6.88. The van der Waals surface area contributed by atoms with Crippen molar-refractivity contribution < 1.29 is 4.79 Å². The van der Waals surface area contributed by atoms with Gasteiger partial charge in [0.2, 0.25) is 0 Å². The number of hydrogen-bond donors (Lipinski definition) is 0. The lowest BCUT2D eigenvalue weighted by atomic mass is 9.58. The van der Waals surface area contributed by atoms with Crippen LogP contribution in [0.2, 0.25) is 0 Å². The van der Waals surface area contributed by atoms with E-state index >= 15 is 0 Å². The number of ketones is 1. The molecule has 0 aromatic heterocycles. The second-order valence-corrected chi connectivity index (χ2v) is 5.77. The zero-order chi connectivity index (χ0) is 9.69. The number of carbonyl (C=O) groups excluding carboxylic acids is 1. The first-order valence-electron chi connectivity index (χ1n) is 5.50. The Hall–Kier alpha value is -0.330. The maximum atomic E-state index is 11.8. The third-order valence-electron chi connectivity index (χ3n) is 4.53. The maximum Gasteiger partial charge on any atom is 0.139 e. The van der Waals surface area contributed by atoms with Gasteiger partial charge in [-0.1, -0.05) is 27.2 Å². The minimum absolute atomic E-state index is 0.0434. The predicted molar refractivity (Wildman–Crippen MR) is 53.5 cm³/mol. The van der Waals surface area contributed by atoms with Crippen molar-refractivity contribution in [3.8, 4) is 0 Å². The Morgan fingerprint density at radius 2 is 1.92 bits per heavy atom. The lowest BCUT2D eigenvalue weighted by Gasteiger charge is -2.46. The van der Waals surface area contributed by atoms with E-state index in [1.54, 1.807) is 0 Å². The summed E-state index contributed by atoms with van der Waals surface area (Å²) in [6.07, 6.45) is 5.67. The molecule has 0 aromatic rings. The van der Waals surface area contributed by atoms with Gasteiger partial charge < -0.3 is 0 Å². The summed E-state index contributed by atoms with van der Waals surface area (Å²) in [4.78, 5) is 11.8. The molecule has 0 N–H and O–H groups in total. The first kappa shape index (κ1) is 9.23. The molecule has 2 rings (SSSR count). The van der Waals surface area contributed by atoms with Crippen LogP contribution in [0.3, 0.4) is 0 Å². The van der Waals surface area contributed by atoms with Crippen LogP contribution < -0.4 is 0 Å². The van der Waals surface area contributed by atoms with Gasteiger partial charge in [0.15, 0.2) is 0 Å². The minimum atomic E-state index is 0.0434. The van der Waals surface area contributed by atoms with E-state index in [4.69, 9.17) is 0 Å². The highest BCUT2D eigenvalue weighted by Gasteiger charge is 2.53. The van der Waals surface area contributed by atoms with E-state index in [0.29, 0.717) is 17.1 Å². The van der Waals surface area contributed by atoms with Gasteiger partial charge >= 0.3 is 0 Å². The highest BCUT2D eigenvalue weighted by Crippen LogP contribution is 2.57. The van der Waals surface area contributed by atoms with E-state index in [1.165, 1.54) is 12.8 Å². The third kappa shape index (κ3) is 1.16. The van der Waals surface area contributed by atoms with Crippen molar-refractivity contribution in [2.45, 2.75) is 52.9 Å². The fourth-order valence-corrected chi connectivity index (χ4v) is 3.73. The SMILES string of the molecule is CC1(C)CCC[C@]2(C)C(=O)CCC12. The van der Waals surface area contributed by atoms with Gasteiger partial charge in [-0.15, -0.1) is 0 Å². The molecule has 2 saturated carbocycles. The first-order valence-corrected chi connectivity index (χ1v) is 5.50. The Labute approximate surface area is 80.9 Å². The summed E-state index contributed by atoms with van der Waals surface area (Å²) in [5.41, 5.74) is 0.445. The van der Waals surface area contributed by atoms with Crippen molar-refractivity contribution in [2.75, 3.05) is 0 Å². The fraction of sp³-hybridized carbons (Fsp3) is 0.917. The molecule has 0 aromatic carbocycles. The molecule has 74 valence electrons. The zero-order valence-corrected chi connectivity index (χ0v) is 9.02. The molecule has 2 aliphatic carbocycles. The van der Waals surface area contributed by atoms with E-state index in [2.05, 4.69) is 20.8 Å². The summed E-state index contributed by atoms with van der Waals surface area (Å²) in [5, 5.41) is 0. The molecular formula is C12H20O. The van der Waals surface area contributed by atoms with Crippen LogP contribution in [-0.4, -0.2) is 5.78 Å². The zero-order valence-electron chi connectivity index (χ0n) is 9.02. The number of hydrogen-bond acceptors (Lipinski definition) is 1. The molecule has 0 spiro atoms.